The highest BCUT2D eigenvalue weighted by Crippen LogP contribution is 2.26. The smallest absolute Gasteiger partial charge is 0.471 e. The van der Waals surface area contributed by atoms with Crippen molar-refractivity contribution < 1.29 is 32.3 Å². The summed E-state index contributed by atoms with van der Waals surface area (Å²) < 4.78 is 43.6. The Kier molecular flexibility index (Phi) is 7.35. The summed E-state index contributed by atoms with van der Waals surface area (Å²) in [6, 6.07) is 12.7. The second-order valence-corrected chi connectivity index (χ2v) is 7.59. The lowest BCUT2D eigenvalue weighted by molar-refractivity contribution is -0.174. The van der Waals surface area contributed by atoms with Gasteiger partial charge >= 0.3 is 12.1 Å². The normalized spacial score (nSPS) is 18.8. The number of rotatable bonds is 6. The van der Waals surface area contributed by atoms with Gasteiger partial charge < -0.3 is 10.1 Å². The molecular weight excluding hydrogens is 453 g/mol. The summed E-state index contributed by atoms with van der Waals surface area (Å²) in [4.78, 5) is 41.2. The summed E-state index contributed by atoms with van der Waals surface area (Å²) in [5.41, 5.74) is 0.779. The van der Waals surface area contributed by atoms with Crippen LogP contribution >= 0.6 is 0 Å². The van der Waals surface area contributed by atoms with Gasteiger partial charge in [0.05, 0.1) is 31.3 Å². The molecule has 2 aromatic carbocycles. The molecule has 2 aromatic rings. The van der Waals surface area contributed by atoms with E-state index in [1.54, 1.807) is 49.3 Å². The van der Waals surface area contributed by atoms with Gasteiger partial charge in [0.25, 0.3) is 5.91 Å². The predicted molar refractivity (Wildman–Crippen MR) is 118 cm³/mol. The lowest BCUT2D eigenvalue weighted by atomic mass is 10.0. The maximum atomic E-state index is 13.0. The molecule has 0 spiro atoms. The first-order chi connectivity index (χ1) is 16.0. The summed E-state index contributed by atoms with van der Waals surface area (Å²) in [6.45, 7) is 1.68. The third-order valence-corrected chi connectivity index (χ3v) is 5.39. The summed E-state index contributed by atoms with van der Waals surface area (Å²) in [5.74, 6) is -3.10. The topological polar surface area (TPSA) is 91.3 Å². The molecule has 0 aliphatic carbocycles. The number of hydrazine groups is 1. The molecule has 11 heteroatoms. The van der Waals surface area contributed by atoms with Crippen molar-refractivity contribution in [2.45, 2.75) is 31.6 Å². The number of methoxy groups -OCH3 is 1. The quantitative estimate of drug-likeness (QED) is 0.692. The number of nitrogens with one attached hydrogen (secondary N) is 1. The van der Waals surface area contributed by atoms with Crippen molar-refractivity contribution in [3.63, 3.8) is 0 Å². The van der Waals surface area contributed by atoms with Crippen molar-refractivity contribution in [1.29, 1.82) is 0 Å². The van der Waals surface area contributed by atoms with E-state index in [9.17, 15) is 27.6 Å². The molecule has 0 radical (unpaired) electrons. The van der Waals surface area contributed by atoms with Crippen molar-refractivity contribution in [2.24, 2.45) is 4.99 Å². The van der Waals surface area contributed by atoms with Gasteiger partial charge in [-0.05, 0) is 36.8 Å². The number of nitrogens with zero attached hydrogens (tertiary/aromatic N) is 3. The van der Waals surface area contributed by atoms with Gasteiger partial charge in [-0.2, -0.15) is 13.2 Å². The van der Waals surface area contributed by atoms with E-state index < -0.39 is 42.4 Å². The molecule has 180 valence electrons. The fourth-order valence-corrected chi connectivity index (χ4v) is 3.47. The van der Waals surface area contributed by atoms with Crippen molar-refractivity contribution in [3.8, 4) is 5.75 Å². The van der Waals surface area contributed by atoms with E-state index in [-0.39, 0.29) is 11.3 Å². The Balaban J connectivity index is 1.85. The molecule has 0 saturated carbocycles. The van der Waals surface area contributed by atoms with Crippen LogP contribution in [0.3, 0.4) is 0 Å². The van der Waals surface area contributed by atoms with E-state index in [1.807, 2.05) is 5.32 Å². The number of alkyl halides is 3. The molecular formula is C23H23F3N4O4. The Hall–Kier alpha value is -3.73. The van der Waals surface area contributed by atoms with Crippen LogP contribution in [0.4, 0.5) is 18.9 Å². The molecule has 1 N–H and O–H groups in total. The maximum absolute atomic E-state index is 13.0. The predicted octanol–water partition coefficient (Wildman–Crippen LogP) is 3.05. The molecule has 1 fully saturated rings. The molecule has 1 aliphatic rings. The number of carbonyl (C=O) groups is 3. The van der Waals surface area contributed by atoms with Crippen LogP contribution in [0.1, 0.15) is 24.9 Å². The molecule has 3 rings (SSSR count). The van der Waals surface area contributed by atoms with Crippen LogP contribution in [0.2, 0.25) is 0 Å². The Morgan fingerprint density at radius 1 is 1.12 bits per heavy atom. The number of benzene rings is 2. The Labute approximate surface area is 194 Å². The lowest BCUT2D eigenvalue weighted by Crippen LogP contribution is -2.39. The lowest BCUT2D eigenvalue weighted by Gasteiger charge is -2.25. The Morgan fingerprint density at radius 3 is 2.29 bits per heavy atom. The van der Waals surface area contributed by atoms with Crippen molar-refractivity contribution >= 4 is 29.1 Å². The summed E-state index contributed by atoms with van der Waals surface area (Å²) in [5, 5.41) is 4.80. The minimum Gasteiger partial charge on any atom is -0.497 e. The molecule has 34 heavy (non-hydrogen) atoms. The first kappa shape index (κ1) is 24.9. The molecule has 3 amide bonds. The van der Waals surface area contributed by atoms with Gasteiger partial charge in [0.15, 0.2) is 0 Å². The zero-order valence-electron chi connectivity index (χ0n) is 18.7. The van der Waals surface area contributed by atoms with Crippen LogP contribution in [0.25, 0.3) is 0 Å². The average molecular weight is 476 g/mol. The number of anilines is 1. The summed E-state index contributed by atoms with van der Waals surface area (Å²) in [6.07, 6.45) is -5.71. The molecule has 1 heterocycles. The van der Waals surface area contributed by atoms with Crippen molar-refractivity contribution in [1.82, 2.24) is 10.3 Å². The van der Waals surface area contributed by atoms with Crippen LogP contribution < -0.4 is 15.1 Å². The Bertz CT molecular complexity index is 1090. The molecule has 0 bridgehead atoms. The first-order valence-electron chi connectivity index (χ1n) is 10.3. The maximum Gasteiger partial charge on any atom is 0.471 e. The van der Waals surface area contributed by atoms with Gasteiger partial charge in [0, 0.05) is 7.05 Å². The van der Waals surface area contributed by atoms with Crippen LogP contribution in [0.15, 0.2) is 59.6 Å². The van der Waals surface area contributed by atoms with Crippen LogP contribution in [-0.2, 0) is 14.4 Å². The average Bonchev–Trinajstić information content (AvgIpc) is 3.01. The summed E-state index contributed by atoms with van der Waals surface area (Å²) >= 11 is 0. The van der Waals surface area contributed by atoms with Gasteiger partial charge in [0.1, 0.15) is 11.5 Å². The van der Waals surface area contributed by atoms with E-state index in [0.29, 0.717) is 11.4 Å². The zero-order valence-corrected chi connectivity index (χ0v) is 18.7. The number of aliphatic imine (C=N–C) groups is 1. The van der Waals surface area contributed by atoms with E-state index in [1.165, 1.54) is 36.4 Å². The van der Waals surface area contributed by atoms with E-state index in [0.717, 1.165) is 0 Å². The molecule has 2 unspecified atom stereocenters. The number of carbonyl (C=O) groups excluding carboxylic acids is 3. The number of amides is 3. The second kappa shape index (κ2) is 10.0. The van der Waals surface area contributed by atoms with Gasteiger partial charge in [-0.3, -0.25) is 14.4 Å². The van der Waals surface area contributed by atoms with Crippen LogP contribution in [0, 0.1) is 0 Å². The van der Waals surface area contributed by atoms with Gasteiger partial charge in [0.2, 0.25) is 5.91 Å². The van der Waals surface area contributed by atoms with Crippen molar-refractivity contribution in [2.75, 3.05) is 19.2 Å². The third-order valence-electron chi connectivity index (χ3n) is 5.39. The van der Waals surface area contributed by atoms with Crippen molar-refractivity contribution in [3.05, 3.63) is 60.2 Å². The zero-order chi connectivity index (χ0) is 25.0. The highest BCUT2D eigenvalue weighted by atomic mass is 19.4. The third kappa shape index (κ3) is 5.42. The molecule has 0 aromatic heterocycles. The second-order valence-electron chi connectivity index (χ2n) is 7.59. The number of para-hydroxylation sites is 1. The van der Waals surface area contributed by atoms with Crippen LogP contribution in [-0.4, -0.2) is 54.8 Å². The Morgan fingerprint density at radius 2 is 1.74 bits per heavy atom. The number of halogens is 3. The number of hydrogen-bond donors (Lipinski definition) is 1. The molecule has 2 atom stereocenters. The standard InChI is InChI=1S/C23H23F3N4O4/c1-14-20(21(32)30(29(14)2)16-7-5-4-6-8-16)28-19(31)13-18(27-22(33)23(24,25)26)15-9-11-17(34-3)12-10-15/h4-12,14,18H,13H2,1-3H3,(H,27,33). The molecule has 1 saturated heterocycles. The van der Waals surface area contributed by atoms with Crippen LogP contribution in [0.5, 0.6) is 5.75 Å². The monoisotopic (exact) mass is 476 g/mol. The van der Waals surface area contributed by atoms with E-state index in [2.05, 4.69) is 4.99 Å². The van der Waals surface area contributed by atoms with Gasteiger partial charge in [-0.1, -0.05) is 30.3 Å². The fraction of sp³-hybridized carbons (Fsp3) is 0.304. The largest absolute Gasteiger partial charge is 0.497 e. The molecule has 1 aliphatic heterocycles. The number of ether oxygens (including phenoxy) is 1. The fourth-order valence-electron chi connectivity index (χ4n) is 3.47. The first-order valence-corrected chi connectivity index (χ1v) is 10.3. The minimum absolute atomic E-state index is 0.0491. The van der Waals surface area contributed by atoms with E-state index >= 15 is 0 Å². The summed E-state index contributed by atoms with van der Waals surface area (Å²) in [7, 11) is 3.08. The minimum atomic E-state index is -5.13. The highest BCUT2D eigenvalue weighted by molar-refractivity contribution is 6.48. The highest BCUT2D eigenvalue weighted by Gasteiger charge is 2.42. The number of hydrogen-bond acceptors (Lipinski definition) is 5. The van der Waals surface area contributed by atoms with Gasteiger partial charge in [-0.15, -0.1) is 0 Å². The van der Waals surface area contributed by atoms with E-state index in [4.69, 9.17) is 4.74 Å². The molecule has 8 nitrogen and oxygen atoms in total. The SMILES string of the molecule is COc1ccc(C(CC(=O)N=C2C(=O)N(c3ccccc3)N(C)C2C)NC(=O)C(F)(F)F)cc1. The van der Waals surface area contributed by atoms with Gasteiger partial charge in [-0.25, -0.2) is 15.0 Å².